The maximum atomic E-state index is 12.4. The maximum Gasteiger partial charge on any atom is 0.244 e. The van der Waals surface area contributed by atoms with Crippen LogP contribution in [-0.2, 0) is 16.1 Å². The molecule has 2 aromatic heterocycles. The Morgan fingerprint density at radius 2 is 2.08 bits per heavy atom. The molecule has 3 rings (SSSR count). The third kappa shape index (κ3) is 4.08. The smallest absolute Gasteiger partial charge is 0.244 e. The van der Waals surface area contributed by atoms with E-state index in [1.165, 1.54) is 6.33 Å². The highest BCUT2D eigenvalue weighted by Gasteiger charge is 2.25. The van der Waals surface area contributed by atoms with Gasteiger partial charge in [0.05, 0.1) is 24.1 Å². The molecular formula is C16H22N6O2. The SMILES string of the molecule is Cc1cc(Nc2cnn(CC(=O)N3CC(C)OC(C)C3)c2)ncn1. The molecule has 0 aliphatic carbocycles. The summed E-state index contributed by atoms with van der Waals surface area (Å²) in [5.41, 5.74) is 1.66. The highest BCUT2D eigenvalue weighted by atomic mass is 16.5. The quantitative estimate of drug-likeness (QED) is 0.911. The van der Waals surface area contributed by atoms with Crippen molar-refractivity contribution in [3.63, 3.8) is 0 Å². The van der Waals surface area contributed by atoms with E-state index in [-0.39, 0.29) is 24.7 Å². The largest absolute Gasteiger partial charge is 0.372 e. The van der Waals surface area contributed by atoms with Crippen LogP contribution in [-0.4, -0.2) is 55.9 Å². The summed E-state index contributed by atoms with van der Waals surface area (Å²) in [6.45, 7) is 7.32. The van der Waals surface area contributed by atoms with Gasteiger partial charge in [0.1, 0.15) is 18.7 Å². The third-order valence-corrected chi connectivity index (χ3v) is 3.78. The fraction of sp³-hybridized carbons (Fsp3) is 0.500. The number of anilines is 2. The molecule has 1 saturated heterocycles. The Balaban J connectivity index is 1.60. The van der Waals surface area contributed by atoms with Gasteiger partial charge in [-0.2, -0.15) is 5.10 Å². The van der Waals surface area contributed by atoms with Gasteiger partial charge in [0.15, 0.2) is 0 Å². The number of amides is 1. The zero-order chi connectivity index (χ0) is 17.1. The number of morpholine rings is 1. The number of carbonyl (C=O) groups is 1. The molecule has 0 spiro atoms. The summed E-state index contributed by atoms with van der Waals surface area (Å²) in [6, 6.07) is 1.85. The number of hydrogen-bond acceptors (Lipinski definition) is 6. The van der Waals surface area contributed by atoms with Crippen molar-refractivity contribution in [2.75, 3.05) is 18.4 Å². The fourth-order valence-corrected chi connectivity index (χ4v) is 2.81. The van der Waals surface area contributed by atoms with Crippen LogP contribution in [0.4, 0.5) is 11.5 Å². The van der Waals surface area contributed by atoms with Gasteiger partial charge in [0.2, 0.25) is 5.91 Å². The summed E-state index contributed by atoms with van der Waals surface area (Å²) in [7, 11) is 0. The summed E-state index contributed by atoms with van der Waals surface area (Å²) < 4.78 is 7.29. The summed E-state index contributed by atoms with van der Waals surface area (Å²) in [4.78, 5) is 22.5. The van der Waals surface area contributed by atoms with Gasteiger partial charge in [-0.25, -0.2) is 9.97 Å². The first-order chi connectivity index (χ1) is 11.5. The molecule has 2 aromatic rings. The number of carbonyl (C=O) groups excluding carboxylic acids is 1. The maximum absolute atomic E-state index is 12.4. The molecule has 0 radical (unpaired) electrons. The van der Waals surface area contributed by atoms with Gasteiger partial charge in [-0.15, -0.1) is 0 Å². The molecule has 2 atom stereocenters. The minimum Gasteiger partial charge on any atom is -0.372 e. The van der Waals surface area contributed by atoms with Gasteiger partial charge < -0.3 is 15.0 Å². The van der Waals surface area contributed by atoms with Crippen LogP contribution in [0.1, 0.15) is 19.5 Å². The van der Waals surface area contributed by atoms with E-state index in [2.05, 4.69) is 20.4 Å². The molecule has 3 heterocycles. The monoisotopic (exact) mass is 330 g/mol. The van der Waals surface area contributed by atoms with E-state index < -0.39 is 0 Å². The molecule has 0 saturated carbocycles. The van der Waals surface area contributed by atoms with Gasteiger partial charge in [-0.05, 0) is 20.8 Å². The summed E-state index contributed by atoms with van der Waals surface area (Å²) >= 11 is 0. The number of ether oxygens (including phenoxy) is 1. The van der Waals surface area contributed by atoms with Crippen LogP contribution in [0.25, 0.3) is 0 Å². The van der Waals surface area contributed by atoms with Crippen molar-refractivity contribution in [2.45, 2.75) is 39.5 Å². The van der Waals surface area contributed by atoms with Crippen molar-refractivity contribution in [3.05, 3.63) is 30.5 Å². The first-order valence-corrected chi connectivity index (χ1v) is 8.01. The number of nitrogens with one attached hydrogen (secondary N) is 1. The van der Waals surface area contributed by atoms with Crippen molar-refractivity contribution in [3.8, 4) is 0 Å². The van der Waals surface area contributed by atoms with Gasteiger partial charge >= 0.3 is 0 Å². The van der Waals surface area contributed by atoms with E-state index in [9.17, 15) is 4.79 Å². The number of aromatic nitrogens is 4. The molecule has 8 heteroatoms. The lowest BCUT2D eigenvalue weighted by molar-refractivity contribution is -0.144. The van der Waals surface area contributed by atoms with Gasteiger partial charge in [0.25, 0.3) is 0 Å². The van der Waals surface area contributed by atoms with Crippen LogP contribution < -0.4 is 5.32 Å². The molecule has 0 aromatic carbocycles. The van der Waals surface area contributed by atoms with E-state index >= 15 is 0 Å². The molecule has 1 fully saturated rings. The molecule has 1 aliphatic heterocycles. The fourth-order valence-electron chi connectivity index (χ4n) is 2.81. The molecule has 24 heavy (non-hydrogen) atoms. The van der Waals surface area contributed by atoms with Gasteiger partial charge in [-0.3, -0.25) is 9.48 Å². The van der Waals surface area contributed by atoms with Crippen LogP contribution >= 0.6 is 0 Å². The Morgan fingerprint density at radius 1 is 1.33 bits per heavy atom. The van der Waals surface area contributed by atoms with E-state index in [1.54, 1.807) is 17.1 Å². The van der Waals surface area contributed by atoms with E-state index in [0.29, 0.717) is 18.9 Å². The molecule has 2 unspecified atom stereocenters. The highest BCUT2D eigenvalue weighted by Crippen LogP contribution is 2.14. The summed E-state index contributed by atoms with van der Waals surface area (Å²) in [6.07, 6.45) is 5.10. The second-order valence-corrected chi connectivity index (χ2v) is 6.15. The average Bonchev–Trinajstić information content (AvgIpc) is 2.93. The van der Waals surface area contributed by atoms with Crippen LogP contribution in [0, 0.1) is 6.92 Å². The lowest BCUT2D eigenvalue weighted by Crippen LogP contribution is -2.49. The van der Waals surface area contributed by atoms with E-state index in [1.807, 2.05) is 31.7 Å². The van der Waals surface area contributed by atoms with Crippen LogP contribution in [0.15, 0.2) is 24.8 Å². The normalized spacial score (nSPS) is 20.9. The van der Waals surface area contributed by atoms with E-state index in [4.69, 9.17) is 4.74 Å². The zero-order valence-corrected chi connectivity index (χ0v) is 14.1. The lowest BCUT2D eigenvalue weighted by atomic mass is 10.2. The van der Waals surface area contributed by atoms with Crippen molar-refractivity contribution >= 4 is 17.4 Å². The van der Waals surface area contributed by atoms with Gasteiger partial charge in [0, 0.05) is 31.0 Å². The molecule has 1 aliphatic rings. The Labute approximate surface area is 140 Å². The molecule has 1 amide bonds. The topological polar surface area (TPSA) is 85.2 Å². The molecule has 0 bridgehead atoms. The first-order valence-electron chi connectivity index (χ1n) is 8.01. The van der Waals surface area contributed by atoms with Gasteiger partial charge in [-0.1, -0.05) is 0 Å². The van der Waals surface area contributed by atoms with Crippen molar-refractivity contribution in [2.24, 2.45) is 0 Å². The molecule has 128 valence electrons. The Bertz CT molecular complexity index is 706. The second kappa shape index (κ2) is 6.96. The number of hydrogen-bond donors (Lipinski definition) is 1. The Morgan fingerprint density at radius 3 is 2.79 bits per heavy atom. The number of rotatable bonds is 4. The minimum absolute atomic E-state index is 0.0459. The predicted molar refractivity (Wildman–Crippen MR) is 88.9 cm³/mol. The number of aryl methyl sites for hydroxylation is 1. The molecule has 8 nitrogen and oxygen atoms in total. The second-order valence-electron chi connectivity index (χ2n) is 6.15. The van der Waals surface area contributed by atoms with Crippen LogP contribution in [0.3, 0.4) is 0 Å². The standard InChI is InChI=1S/C16H22N6O2/c1-11-4-15(18-10-17-11)20-14-5-19-22(8-14)9-16(23)21-6-12(2)24-13(3)7-21/h4-5,8,10,12-13H,6-7,9H2,1-3H3,(H,17,18,20). The molecule has 1 N–H and O–H groups in total. The Hall–Kier alpha value is -2.48. The van der Waals surface area contributed by atoms with Crippen molar-refractivity contribution < 1.29 is 9.53 Å². The average molecular weight is 330 g/mol. The van der Waals surface area contributed by atoms with Crippen LogP contribution in [0.5, 0.6) is 0 Å². The molecular weight excluding hydrogens is 308 g/mol. The minimum atomic E-state index is 0.0459. The lowest BCUT2D eigenvalue weighted by Gasteiger charge is -2.35. The first kappa shape index (κ1) is 16.4. The van der Waals surface area contributed by atoms with Crippen molar-refractivity contribution in [1.29, 1.82) is 0 Å². The highest BCUT2D eigenvalue weighted by molar-refractivity contribution is 5.76. The van der Waals surface area contributed by atoms with Crippen LogP contribution in [0.2, 0.25) is 0 Å². The van der Waals surface area contributed by atoms with Crippen molar-refractivity contribution in [1.82, 2.24) is 24.6 Å². The third-order valence-electron chi connectivity index (χ3n) is 3.78. The Kier molecular flexibility index (Phi) is 4.75. The summed E-state index contributed by atoms with van der Waals surface area (Å²) in [5.74, 6) is 0.744. The summed E-state index contributed by atoms with van der Waals surface area (Å²) in [5, 5.41) is 7.39. The zero-order valence-electron chi connectivity index (χ0n) is 14.1. The number of nitrogens with zero attached hydrogens (tertiary/aromatic N) is 5. The van der Waals surface area contributed by atoms with E-state index in [0.717, 1.165) is 11.4 Å². The predicted octanol–water partition coefficient (Wildman–Crippen LogP) is 1.36.